The van der Waals surface area contributed by atoms with Crippen LogP contribution in [0.4, 0.5) is 5.95 Å². The number of aliphatic hydroxyl groups is 1. The quantitative estimate of drug-likeness (QED) is 0.573. The molecule has 2 aliphatic heterocycles. The number of carbonyl (C=O) groups excluding carboxylic acids is 2. The number of likely N-dealkylation sites (tertiary alicyclic amines) is 1. The highest BCUT2D eigenvalue weighted by Crippen LogP contribution is 2.32. The number of aromatic nitrogens is 2. The summed E-state index contributed by atoms with van der Waals surface area (Å²) in [5.41, 5.74) is -0.674. The zero-order chi connectivity index (χ0) is 19.4. The molecule has 0 radical (unpaired) electrons. The Labute approximate surface area is 160 Å². The first-order valence-electron chi connectivity index (χ1n) is 9.65. The summed E-state index contributed by atoms with van der Waals surface area (Å²) < 4.78 is 0. The highest BCUT2D eigenvalue weighted by molar-refractivity contribution is 6.00. The van der Waals surface area contributed by atoms with Crippen LogP contribution in [0.2, 0.25) is 0 Å². The molecule has 1 aromatic heterocycles. The Morgan fingerprint density at radius 2 is 1.70 bits per heavy atom. The van der Waals surface area contributed by atoms with E-state index >= 15 is 0 Å². The van der Waals surface area contributed by atoms with E-state index in [9.17, 15) is 14.7 Å². The summed E-state index contributed by atoms with van der Waals surface area (Å²) in [4.78, 5) is 38.8. The van der Waals surface area contributed by atoms with Crippen LogP contribution < -0.4 is 4.90 Å². The van der Waals surface area contributed by atoms with E-state index in [-0.39, 0.29) is 12.3 Å². The minimum absolute atomic E-state index is 0.174. The predicted molar refractivity (Wildman–Crippen MR) is 101 cm³/mol. The zero-order valence-corrected chi connectivity index (χ0v) is 16.2. The Hall–Kier alpha value is -2.06. The average Bonchev–Trinajstić information content (AvgIpc) is 2.66. The molecule has 0 unspecified atom stereocenters. The summed E-state index contributed by atoms with van der Waals surface area (Å²) >= 11 is 0. The standard InChI is InChI=1S/C19H29N5O3/c1-19(2)14-15(25)24(17(27)16(19)26)9-4-3-8-22-10-12-23(13-11-22)18-20-6-5-7-21-18/h5-7,16,26H,3-4,8-14H2,1-2H3/t16-/m0/s1. The van der Waals surface area contributed by atoms with Crippen molar-refractivity contribution in [2.75, 3.05) is 44.2 Å². The second kappa shape index (κ2) is 8.31. The van der Waals surface area contributed by atoms with Crippen LogP contribution in [0.15, 0.2) is 18.5 Å². The molecule has 0 spiro atoms. The molecular formula is C19H29N5O3. The summed E-state index contributed by atoms with van der Waals surface area (Å²) in [7, 11) is 0. The van der Waals surface area contributed by atoms with Gasteiger partial charge < -0.3 is 10.0 Å². The van der Waals surface area contributed by atoms with Crippen molar-refractivity contribution in [2.45, 2.75) is 39.2 Å². The number of rotatable bonds is 6. The maximum Gasteiger partial charge on any atom is 0.258 e. The van der Waals surface area contributed by atoms with E-state index in [2.05, 4.69) is 19.8 Å². The van der Waals surface area contributed by atoms with E-state index < -0.39 is 17.4 Å². The maximum absolute atomic E-state index is 12.2. The van der Waals surface area contributed by atoms with Crippen LogP contribution in [0.3, 0.4) is 0 Å². The third kappa shape index (κ3) is 4.62. The molecule has 0 aliphatic carbocycles. The Morgan fingerprint density at radius 3 is 2.37 bits per heavy atom. The first-order valence-corrected chi connectivity index (χ1v) is 9.65. The largest absolute Gasteiger partial charge is 0.383 e. The van der Waals surface area contributed by atoms with E-state index in [1.54, 1.807) is 26.2 Å². The minimum Gasteiger partial charge on any atom is -0.383 e. The molecule has 27 heavy (non-hydrogen) atoms. The van der Waals surface area contributed by atoms with E-state index in [0.717, 1.165) is 51.5 Å². The summed E-state index contributed by atoms with van der Waals surface area (Å²) in [6, 6.07) is 1.82. The number of amides is 2. The number of nitrogens with zero attached hydrogens (tertiary/aromatic N) is 5. The van der Waals surface area contributed by atoms with Gasteiger partial charge in [0.15, 0.2) is 0 Å². The van der Waals surface area contributed by atoms with Gasteiger partial charge in [0.25, 0.3) is 5.91 Å². The number of imide groups is 1. The monoisotopic (exact) mass is 375 g/mol. The molecule has 1 aromatic rings. The highest BCUT2D eigenvalue weighted by atomic mass is 16.3. The van der Waals surface area contributed by atoms with E-state index in [0.29, 0.717) is 6.54 Å². The van der Waals surface area contributed by atoms with Crippen LogP contribution in [-0.2, 0) is 9.59 Å². The van der Waals surface area contributed by atoms with Gasteiger partial charge in [0.05, 0.1) is 0 Å². The van der Waals surface area contributed by atoms with Crippen molar-refractivity contribution in [3.8, 4) is 0 Å². The third-order valence-corrected chi connectivity index (χ3v) is 5.46. The molecule has 2 fully saturated rings. The fraction of sp³-hybridized carbons (Fsp3) is 0.684. The lowest BCUT2D eigenvalue weighted by molar-refractivity contribution is -0.164. The summed E-state index contributed by atoms with van der Waals surface area (Å²) in [5.74, 6) is 0.153. The highest BCUT2D eigenvalue weighted by Gasteiger charge is 2.45. The number of hydrogen-bond donors (Lipinski definition) is 1. The average molecular weight is 375 g/mol. The van der Waals surface area contributed by atoms with Gasteiger partial charge in [-0.1, -0.05) is 13.8 Å². The molecule has 2 amide bonds. The van der Waals surface area contributed by atoms with Gasteiger partial charge in [0, 0.05) is 57.0 Å². The van der Waals surface area contributed by atoms with E-state index in [1.807, 2.05) is 6.07 Å². The molecule has 0 bridgehead atoms. The van der Waals surface area contributed by atoms with Crippen LogP contribution >= 0.6 is 0 Å². The molecule has 2 saturated heterocycles. The second-order valence-corrected chi connectivity index (χ2v) is 8.04. The van der Waals surface area contributed by atoms with Gasteiger partial charge in [-0.2, -0.15) is 0 Å². The van der Waals surface area contributed by atoms with Crippen molar-refractivity contribution in [1.82, 2.24) is 19.8 Å². The summed E-state index contributed by atoms with van der Waals surface area (Å²) in [5, 5.41) is 10.1. The second-order valence-electron chi connectivity index (χ2n) is 8.04. The van der Waals surface area contributed by atoms with Crippen molar-refractivity contribution in [2.24, 2.45) is 5.41 Å². The molecule has 8 heteroatoms. The van der Waals surface area contributed by atoms with Crippen molar-refractivity contribution in [3.05, 3.63) is 18.5 Å². The fourth-order valence-electron chi connectivity index (χ4n) is 3.65. The number of aliphatic hydroxyl groups excluding tert-OH is 1. The van der Waals surface area contributed by atoms with E-state index in [4.69, 9.17) is 0 Å². The molecule has 1 N–H and O–H groups in total. The van der Waals surface area contributed by atoms with Gasteiger partial charge in [-0.25, -0.2) is 9.97 Å². The molecule has 2 aliphatic rings. The third-order valence-electron chi connectivity index (χ3n) is 5.46. The number of carbonyl (C=O) groups is 2. The smallest absolute Gasteiger partial charge is 0.258 e. The molecule has 1 atom stereocenters. The molecular weight excluding hydrogens is 346 g/mol. The zero-order valence-electron chi connectivity index (χ0n) is 16.2. The summed E-state index contributed by atoms with van der Waals surface area (Å²) in [6.07, 6.45) is 4.31. The topological polar surface area (TPSA) is 89.9 Å². The van der Waals surface area contributed by atoms with Gasteiger partial charge in [0.2, 0.25) is 11.9 Å². The van der Waals surface area contributed by atoms with Crippen LogP contribution in [0.5, 0.6) is 0 Å². The Morgan fingerprint density at radius 1 is 1.07 bits per heavy atom. The van der Waals surface area contributed by atoms with Gasteiger partial charge in [0.1, 0.15) is 6.10 Å². The van der Waals surface area contributed by atoms with E-state index in [1.165, 1.54) is 4.90 Å². The lowest BCUT2D eigenvalue weighted by Crippen LogP contribution is -2.55. The van der Waals surface area contributed by atoms with Crippen molar-refractivity contribution < 1.29 is 14.7 Å². The van der Waals surface area contributed by atoms with Crippen LogP contribution in [0.1, 0.15) is 33.1 Å². The Kier molecular flexibility index (Phi) is 6.06. The number of piperidine rings is 1. The minimum atomic E-state index is -1.09. The van der Waals surface area contributed by atoms with Gasteiger partial charge >= 0.3 is 0 Å². The normalized spacial score (nSPS) is 23.7. The van der Waals surface area contributed by atoms with Crippen LogP contribution in [-0.4, -0.2) is 82.1 Å². The van der Waals surface area contributed by atoms with Crippen molar-refractivity contribution in [1.29, 1.82) is 0 Å². The molecule has 3 heterocycles. The SMILES string of the molecule is CC1(C)CC(=O)N(CCCCN2CCN(c3ncccn3)CC2)C(=O)[C@@H]1O. The lowest BCUT2D eigenvalue weighted by atomic mass is 9.79. The number of piperazine rings is 1. The fourth-order valence-corrected chi connectivity index (χ4v) is 3.65. The van der Waals surface area contributed by atoms with Gasteiger partial charge in [-0.15, -0.1) is 0 Å². The first-order chi connectivity index (χ1) is 12.9. The number of anilines is 1. The molecule has 8 nitrogen and oxygen atoms in total. The number of hydrogen-bond acceptors (Lipinski definition) is 7. The molecule has 3 rings (SSSR count). The van der Waals surface area contributed by atoms with Crippen molar-refractivity contribution in [3.63, 3.8) is 0 Å². The molecule has 148 valence electrons. The maximum atomic E-state index is 12.2. The molecule has 0 aromatic carbocycles. The van der Waals surface area contributed by atoms with Gasteiger partial charge in [-0.05, 0) is 25.5 Å². The number of unbranched alkanes of at least 4 members (excludes halogenated alkanes) is 1. The van der Waals surface area contributed by atoms with Crippen LogP contribution in [0.25, 0.3) is 0 Å². The Balaban J connectivity index is 1.37. The van der Waals surface area contributed by atoms with Crippen LogP contribution in [0, 0.1) is 5.41 Å². The molecule has 0 saturated carbocycles. The van der Waals surface area contributed by atoms with Crippen molar-refractivity contribution >= 4 is 17.8 Å². The first kappa shape index (κ1) is 19.7. The van der Waals surface area contributed by atoms with Gasteiger partial charge in [-0.3, -0.25) is 19.4 Å². The lowest BCUT2D eigenvalue weighted by Gasteiger charge is -2.39. The predicted octanol–water partition coefficient (Wildman–Crippen LogP) is 0.525. The summed E-state index contributed by atoms with van der Waals surface area (Å²) in [6.45, 7) is 8.54. The Bertz CT molecular complexity index is 659.